The molecule has 3 aliphatic rings. The second-order valence-corrected chi connectivity index (χ2v) is 9.98. The molecule has 0 amide bonds. The normalized spacial score (nSPS) is 39.6. The van der Waals surface area contributed by atoms with Crippen molar-refractivity contribution in [1.29, 1.82) is 0 Å². The van der Waals surface area contributed by atoms with Crippen LogP contribution in [0, 0.1) is 5.41 Å². The molecule has 7 nitrogen and oxygen atoms in total. The van der Waals surface area contributed by atoms with E-state index in [0.29, 0.717) is 6.61 Å². The van der Waals surface area contributed by atoms with Crippen molar-refractivity contribution in [1.82, 2.24) is 0 Å². The molecule has 3 aliphatic heterocycles. The van der Waals surface area contributed by atoms with Gasteiger partial charge in [-0.15, -0.1) is 0 Å². The number of esters is 1. The fourth-order valence-electron chi connectivity index (χ4n) is 3.36. The third-order valence-corrected chi connectivity index (χ3v) is 6.39. The largest absolute Gasteiger partial charge is 0.456 e. The van der Waals surface area contributed by atoms with E-state index in [0.717, 1.165) is 0 Å². The molecule has 0 aromatic carbocycles. The van der Waals surface area contributed by atoms with Gasteiger partial charge in [0.15, 0.2) is 30.1 Å². The highest BCUT2D eigenvalue weighted by atomic mass is 79.9. The van der Waals surface area contributed by atoms with Gasteiger partial charge in [-0.1, -0.05) is 36.7 Å². The van der Waals surface area contributed by atoms with Crippen LogP contribution in [0.1, 0.15) is 48.5 Å². The molecule has 0 saturated carbocycles. The Morgan fingerprint density at radius 1 is 1.08 bits per heavy atom. The summed E-state index contributed by atoms with van der Waals surface area (Å²) < 4.78 is 35.2. The van der Waals surface area contributed by atoms with Crippen molar-refractivity contribution in [3.63, 3.8) is 0 Å². The summed E-state index contributed by atoms with van der Waals surface area (Å²) in [5, 5.41) is 0. The van der Waals surface area contributed by atoms with Crippen molar-refractivity contribution in [3.05, 3.63) is 0 Å². The zero-order valence-corrected chi connectivity index (χ0v) is 18.0. The summed E-state index contributed by atoms with van der Waals surface area (Å²) in [6.07, 6.45) is -2.65. The average molecular weight is 437 g/mol. The molecule has 0 bridgehead atoms. The minimum Gasteiger partial charge on any atom is -0.456 e. The van der Waals surface area contributed by atoms with E-state index in [1.54, 1.807) is 0 Å². The van der Waals surface area contributed by atoms with E-state index < -0.39 is 41.0 Å². The van der Waals surface area contributed by atoms with Gasteiger partial charge in [0.1, 0.15) is 17.0 Å². The topological polar surface area (TPSA) is 72.5 Å². The molecule has 8 heteroatoms. The van der Waals surface area contributed by atoms with Gasteiger partial charge >= 0.3 is 5.97 Å². The lowest BCUT2D eigenvalue weighted by Gasteiger charge is -2.31. The summed E-state index contributed by atoms with van der Waals surface area (Å²) in [4.78, 5) is 12.2. The number of carbonyl (C=O) groups excluding carboxylic acids is 1. The Morgan fingerprint density at radius 3 is 2.27 bits per heavy atom. The van der Waals surface area contributed by atoms with Crippen molar-refractivity contribution >= 4 is 21.9 Å². The molecule has 0 radical (unpaired) electrons. The van der Waals surface area contributed by atoms with Crippen molar-refractivity contribution in [2.45, 2.75) is 95.6 Å². The van der Waals surface area contributed by atoms with E-state index in [1.807, 2.05) is 48.5 Å². The van der Waals surface area contributed by atoms with E-state index in [9.17, 15) is 4.79 Å². The quantitative estimate of drug-likeness (QED) is 0.497. The fourth-order valence-corrected chi connectivity index (χ4v) is 3.47. The van der Waals surface area contributed by atoms with Crippen LogP contribution in [0.2, 0.25) is 0 Å². The minimum atomic E-state index is -0.797. The first kappa shape index (κ1) is 20.5. The minimum absolute atomic E-state index is 0.285. The third-order valence-electron chi connectivity index (χ3n) is 4.64. The van der Waals surface area contributed by atoms with Crippen LogP contribution >= 0.6 is 15.9 Å². The number of ether oxygens (including phenoxy) is 6. The van der Waals surface area contributed by atoms with Gasteiger partial charge in [0.2, 0.25) is 0 Å². The number of hydrogen-bond acceptors (Lipinski definition) is 7. The molecule has 0 unspecified atom stereocenters. The second kappa shape index (κ2) is 6.67. The Bertz CT molecular complexity index is 556. The Kier molecular flexibility index (Phi) is 5.25. The van der Waals surface area contributed by atoms with Gasteiger partial charge in [-0.05, 0) is 33.1 Å². The standard InChI is InChI=1S/C18H29BrO7/c1-16(2,3)13(19)14(20)22-11-10(9-8-21-17(4,5)24-9)23-15-12(11)25-18(6,7)26-15/h9-13,15H,8H2,1-7H3/t9-,10-,11+,12-,13-,15-/m1/s1. The smallest absolute Gasteiger partial charge is 0.320 e. The molecule has 0 aromatic rings. The summed E-state index contributed by atoms with van der Waals surface area (Å²) >= 11 is 3.44. The molecule has 0 N–H and O–H groups in total. The van der Waals surface area contributed by atoms with Crippen LogP contribution in [-0.2, 0) is 33.2 Å². The highest BCUT2D eigenvalue weighted by Gasteiger charge is 2.60. The van der Waals surface area contributed by atoms with E-state index >= 15 is 0 Å². The molecule has 26 heavy (non-hydrogen) atoms. The summed E-state index contributed by atoms with van der Waals surface area (Å²) in [6, 6.07) is 0. The predicted molar refractivity (Wildman–Crippen MR) is 95.7 cm³/mol. The molecule has 150 valence electrons. The van der Waals surface area contributed by atoms with E-state index in [-0.39, 0.29) is 17.5 Å². The highest BCUT2D eigenvalue weighted by Crippen LogP contribution is 2.42. The van der Waals surface area contributed by atoms with Gasteiger partial charge in [-0.25, -0.2) is 0 Å². The molecule has 0 aliphatic carbocycles. The maximum absolute atomic E-state index is 12.7. The molecule has 3 saturated heterocycles. The van der Waals surface area contributed by atoms with Crippen LogP contribution in [-0.4, -0.2) is 59.7 Å². The molecule has 3 heterocycles. The Labute approximate surface area is 163 Å². The average Bonchev–Trinajstić information content (AvgIpc) is 3.08. The number of fused-ring (bicyclic) bond motifs is 1. The summed E-state index contributed by atoms with van der Waals surface area (Å²) in [5.74, 6) is -1.86. The van der Waals surface area contributed by atoms with E-state index in [4.69, 9.17) is 28.4 Å². The first-order chi connectivity index (χ1) is 11.8. The number of alkyl halides is 1. The van der Waals surface area contributed by atoms with Crippen molar-refractivity contribution in [2.24, 2.45) is 5.41 Å². The van der Waals surface area contributed by atoms with Gasteiger partial charge < -0.3 is 28.4 Å². The van der Waals surface area contributed by atoms with E-state index in [1.165, 1.54) is 0 Å². The van der Waals surface area contributed by atoms with Crippen LogP contribution < -0.4 is 0 Å². The molecule has 6 atom stereocenters. The summed E-state index contributed by atoms with van der Waals surface area (Å²) in [7, 11) is 0. The molecule has 3 fully saturated rings. The monoisotopic (exact) mass is 436 g/mol. The maximum Gasteiger partial charge on any atom is 0.320 e. The molecule has 0 spiro atoms. The Hall–Kier alpha value is -0.250. The molecule has 0 aromatic heterocycles. The summed E-state index contributed by atoms with van der Waals surface area (Å²) in [5.41, 5.74) is -0.285. The zero-order valence-electron chi connectivity index (χ0n) is 16.4. The molecular weight excluding hydrogens is 408 g/mol. The van der Waals surface area contributed by atoms with Crippen molar-refractivity contribution in [2.75, 3.05) is 6.61 Å². The lowest BCUT2D eigenvalue weighted by atomic mass is 9.92. The SMILES string of the molecule is CC1(C)O[C@H]2O[C@H]([C@H]3COC(C)(C)O3)[C@H](OC(=O)[C@@H](Br)C(C)(C)C)[C@H]2O1. The molecule has 3 rings (SSSR count). The van der Waals surface area contributed by atoms with Crippen LogP contribution in [0.5, 0.6) is 0 Å². The second-order valence-electron chi connectivity index (χ2n) is 9.07. The predicted octanol–water partition coefficient (Wildman–Crippen LogP) is 2.74. The Balaban J connectivity index is 1.78. The van der Waals surface area contributed by atoms with Gasteiger partial charge in [0, 0.05) is 0 Å². The first-order valence-electron chi connectivity index (χ1n) is 8.96. The fraction of sp³-hybridized carbons (Fsp3) is 0.944. The van der Waals surface area contributed by atoms with Gasteiger partial charge in [-0.2, -0.15) is 0 Å². The van der Waals surface area contributed by atoms with Crippen LogP contribution in [0.15, 0.2) is 0 Å². The number of carbonyl (C=O) groups is 1. The van der Waals surface area contributed by atoms with Gasteiger partial charge in [-0.3, -0.25) is 4.79 Å². The van der Waals surface area contributed by atoms with Gasteiger partial charge in [0.25, 0.3) is 0 Å². The van der Waals surface area contributed by atoms with Crippen molar-refractivity contribution in [3.8, 4) is 0 Å². The zero-order chi connectivity index (χ0) is 19.5. The summed E-state index contributed by atoms with van der Waals surface area (Å²) in [6.45, 7) is 13.6. The van der Waals surface area contributed by atoms with Crippen LogP contribution in [0.4, 0.5) is 0 Å². The number of halogens is 1. The first-order valence-corrected chi connectivity index (χ1v) is 9.88. The highest BCUT2D eigenvalue weighted by molar-refractivity contribution is 9.10. The van der Waals surface area contributed by atoms with Crippen LogP contribution in [0.3, 0.4) is 0 Å². The number of hydrogen-bond donors (Lipinski definition) is 0. The molecular formula is C18H29BrO7. The maximum atomic E-state index is 12.7. The number of rotatable bonds is 3. The third kappa shape index (κ3) is 4.10. The lowest BCUT2D eigenvalue weighted by molar-refractivity contribution is -0.235. The lowest BCUT2D eigenvalue weighted by Crippen LogP contribution is -2.47. The Morgan fingerprint density at radius 2 is 1.73 bits per heavy atom. The van der Waals surface area contributed by atoms with Crippen molar-refractivity contribution < 1.29 is 33.2 Å². The van der Waals surface area contributed by atoms with Gasteiger partial charge in [0.05, 0.1) is 6.61 Å². The van der Waals surface area contributed by atoms with Crippen LogP contribution in [0.25, 0.3) is 0 Å². The van der Waals surface area contributed by atoms with E-state index in [2.05, 4.69) is 15.9 Å².